The van der Waals surface area contributed by atoms with Crippen molar-refractivity contribution >= 4 is 17.9 Å². The van der Waals surface area contributed by atoms with Crippen LogP contribution in [0.3, 0.4) is 0 Å². The molecule has 1 atom stereocenters. The molecule has 82 heavy (non-hydrogen) atoms. The topological polar surface area (TPSA) is 78.9 Å². The van der Waals surface area contributed by atoms with Crippen molar-refractivity contribution < 1.29 is 28.6 Å². The van der Waals surface area contributed by atoms with E-state index in [1.807, 2.05) is 0 Å². The predicted octanol–water partition coefficient (Wildman–Crippen LogP) is 23.7. The number of rotatable bonds is 61. The summed E-state index contributed by atoms with van der Waals surface area (Å²) < 4.78 is 17.0. The Hall–Kier alpha value is -4.45. The van der Waals surface area contributed by atoms with Gasteiger partial charge in [0.2, 0.25) is 0 Å². The molecule has 6 nitrogen and oxygen atoms in total. The van der Waals surface area contributed by atoms with Crippen LogP contribution >= 0.6 is 0 Å². The van der Waals surface area contributed by atoms with E-state index in [-0.39, 0.29) is 31.1 Å². The van der Waals surface area contributed by atoms with Gasteiger partial charge in [0.05, 0.1) is 0 Å². The average Bonchev–Trinajstić information content (AvgIpc) is 3.47. The van der Waals surface area contributed by atoms with Crippen molar-refractivity contribution in [2.45, 2.75) is 316 Å². The summed E-state index contributed by atoms with van der Waals surface area (Å²) >= 11 is 0. The van der Waals surface area contributed by atoms with Crippen molar-refractivity contribution in [2.24, 2.45) is 0 Å². The Bertz CT molecular complexity index is 1730. The van der Waals surface area contributed by atoms with Gasteiger partial charge in [-0.3, -0.25) is 14.4 Å². The van der Waals surface area contributed by atoms with Crippen molar-refractivity contribution in [3.05, 3.63) is 134 Å². The molecule has 0 aliphatic rings. The van der Waals surface area contributed by atoms with E-state index in [2.05, 4.69) is 154 Å². The first-order valence-electron chi connectivity index (χ1n) is 34.2. The molecule has 0 aromatic rings. The Kier molecular flexibility index (Phi) is 65.3. The summed E-state index contributed by atoms with van der Waals surface area (Å²) in [6.45, 7) is 6.40. The molecule has 0 spiro atoms. The lowest BCUT2D eigenvalue weighted by Crippen LogP contribution is -2.30. The summed E-state index contributed by atoms with van der Waals surface area (Å²) in [4.78, 5) is 38.5. The third kappa shape index (κ3) is 66.4. The summed E-state index contributed by atoms with van der Waals surface area (Å²) in [6, 6.07) is 0. The van der Waals surface area contributed by atoms with Gasteiger partial charge < -0.3 is 14.2 Å². The fourth-order valence-corrected chi connectivity index (χ4v) is 9.32. The van der Waals surface area contributed by atoms with Crippen molar-refractivity contribution in [1.82, 2.24) is 0 Å². The van der Waals surface area contributed by atoms with Crippen LogP contribution in [-0.4, -0.2) is 37.2 Å². The Morgan fingerprint density at radius 1 is 0.256 bits per heavy atom. The lowest BCUT2D eigenvalue weighted by molar-refractivity contribution is -0.167. The second-order valence-electron chi connectivity index (χ2n) is 22.3. The second kappa shape index (κ2) is 69.0. The van der Waals surface area contributed by atoms with Crippen molar-refractivity contribution in [1.29, 1.82) is 0 Å². The SMILES string of the molecule is CC/C=C\C/C=C\C/C=C\C/C=C\C/C=C\CCCCCCCCCCCC(=O)OCC(COC(=O)CCCCCCC/C=C\C/C=C\CCCCCC)OC(=O)CCCCCCCCCCCC/C=C\C/C=C\C/C=C\C/C=C\CC. The van der Waals surface area contributed by atoms with Gasteiger partial charge in [0.25, 0.3) is 0 Å². The third-order valence-corrected chi connectivity index (χ3v) is 14.4. The van der Waals surface area contributed by atoms with Crippen LogP contribution < -0.4 is 0 Å². The molecule has 0 aliphatic heterocycles. The number of esters is 3. The van der Waals surface area contributed by atoms with E-state index in [9.17, 15) is 14.4 Å². The monoisotopic (exact) mass is 1130 g/mol. The molecule has 1 unspecified atom stereocenters. The van der Waals surface area contributed by atoms with Crippen LogP contribution in [0, 0.1) is 0 Å². The van der Waals surface area contributed by atoms with Crippen LogP contribution in [0.5, 0.6) is 0 Å². The maximum absolute atomic E-state index is 13.0. The minimum Gasteiger partial charge on any atom is -0.462 e. The smallest absolute Gasteiger partial charge is 0.306 e. The number of ether oxygens (including phenoxy) is 3. The molecule has 0 bridgehead atoms. The van der Waals surface area contributed by atoms with Gasteiger partial charge in [-0.2, -0.15) is 0 Å². The summed E-state index contributed by atoms with van der Waals surface area (Å²) in [5.74, 6) is -0.907. The third-order valence-electron chi connectivity index (χ3n) is 14.4. The van der Waals surface area contributed by atoms with Gasteiger partial charge in [-0.05, 0) is 135 Å². The molecular formula is C76H126O6. The van der Waals surface area contributed by atoms with Gasteiger partial charge in [-0.25, -0.2) is 0 Å². The molecule has 0 rings (SSSR count). The first-order valence-corrected chi connectivity index (χ1v) is 34.2. The molecule has 0 amide bonds. The standard InChI is InChI=1S/C76H126O6/c1-4-7-10-13-16-19-22-25-28-31-33-35-37-38-40-41-43-45-48-51-54-57-60-63-66-69-75(78)81-72-73(71-80-74(77)68-65-62-59-56-53-50-47-30-27-24-21-18-15-12-9-6-3)82-76(79)70-67-64-61-58-55-52-49-46-44-42-39-36-34-32-29-26-23-20-17-14-11-8-5-2/h7-8,10-11,16-17,19-21,24-26,28-30,33-36,38,40,47,73H,4-6,9,12-15,18,22-23,27,31-32,37,39,41-46,48-72H2,1-3H3/b10-7-,11-8-,19-16-,20-17-,24-21-,28-25-,29-26-,35-33-,36-34-,40-38-,47-30-. The average molecular weight is 1140 g/mol. The molecule has 0 N–H and O–H groups in total. The number of unbranched alkanes of at least 4 members (excludes halogenated alkanes) is 28. The molecule has 0 fully saturated rings. The summed E-state index contributed by atoms with van der Waals surface area (Å²) in [5, 5.41) is 0. The van der Waals surface area contributed by atoms with Crippen LogP contribution in [0.4, 0.5) is 0 Å². The van der Waals surface area contributed by atoms with Gasteiger partial charge in [-0.1, -0.05) is 289 Å². The maximum Gasteiger partial charge on any atom is 0.306 e. The van der Waals surface area contributed by atoms with E-state index in [1.165, 1.54) is 122 Å². The lowest BCUT2D eigenvalue weighted by atomic mass is 10.0. The van der Waals surface area contributed by atoms with Crippen LogP contribution in [0.25, 0.3) is 0 Å². The Labute approximate surface area is 506 Å². The molecule has 0 saturated carbocycles. The van der Waals surface area contributed by atoms with Crippen molar-refractivity contribution in [2.75, 3.05) is 13.2 Å². The largest absolute Gasteiger partial charge is 0.462 e. The van der Waals surface area contributed by atoms with Gasteiger partial charge in [0.1, 0.15) is 13.2 Å². The molecule has 466 valence electrons. The van der Waals surface area contributed by atoms with Gasteiger partial charge in [0.15, 0.2) is 6.10 Å². The van der Waals surface area contributed by atoms with Crippen LogP contribution in [0.1, 0.15) is 310 Å². The highest BCUT2D eigenvalue weighted by Crippen LogP contribution is 2.16. The number of carbonyl (C=O) groups is 3. The molecule has 0 aromatic carbocycles. The van der Waals surface area contributed by atoms with E-state index >= 15 is 0 Å². The van der Waals surface area contributed by atoms with Gasteiger partial charge in [0, 0.05) is 19.3 Å². The van der Waals surface area contributed by atoms with Gasteiger partial charge >= 0.3 is 17.9 Å². The lowest BCUT2D eigenvalue weighted by Gasteiger charge is -2.18. The fraction of sp³-hybridized carbons (Fsp3) is 0.671. The molecule has 0 saturated heterocycles. The molecule has 0 aromatic heterocycles. The van der Waals surface area contributed by atoms with Crippen molar-refractivity contribution in [3.63, 3.8) is 0 Å². The summed E-state index contributed by atoms with van der Waals surface area (Å²) in [5.41, 5.74) is 0. The minimum absolute atomic E-state index is 0.0901. The highest BCUT2D eigenvalue weighted by molar-refractivity contribution is 5.71. The zero-order chi connectivity index (χ0) is 59.2. The molecular weight excluding hydrogens is 1010 g/mol. The van der Waals surface area contributed by atoms with Crippen molar-refractivity contribution in [3.8, 4) is 0 Å². The number of hydrogen-bond donors (Lipinski definition) is 0. The Balaban J connectivity index is 4.40. The van der Waals surface area contributed by atoms with E-state index in [4.69, 9.17) is 14.2 Å². The van der Waals surface area contributed by atoms with E-state index in [1.54, 1.807) is 0 Å². The quantitative estimate of drug-likeness (QED) is 0.0261. The number of hydrogen-bond acceptors (Lipinski definition) is 6. The van der Waals surface area contributed by atoms with E-state index in [0.717, 1.165) is 148 Å². The number of carbonyl (C=O) groups excluding carboxylic acids is 3. The van der Waals surface area contributed by atoms with Gasteiger partial charge in [-0.15, -0.1) is 0 Å². The fourth-order valence-electron chi connectivity index (χ4n) is 9.32. The molecule has 6 heteroatoms. The zero-order valence-electron chi connectivity index (χ0n) is 53.5. The summed E-state index contributed by atoms with van der Waals surface area (Å²) in [6.07, 6.45) is 97.4. The Morgan fingerprint density at radius 2 is 0.476 bits per heavy atom. The predicted molar refractivity (Wildman–Crippen MR) is 357 cm³/mol. The highest BCUT2D eigenvalue weighted by Gasteiger charge is 2.19. The molecule has 0 aliphatic carbocycles. The number of allylic oxidation sites excluding steroid dienone is 22. The minimum atomic E-state index is -0.796. The van der Waals surface area contributed by atoms with E-state index < -0.39 is 6.10 Å². The van der Waals surface area contributed by atoms with E-state index in [0.29, 0.717) is 19.3 Å². The first kappa shape index (κ1) is 77.5. The highest BCUT2D eigenvalue weighted by atomic mass is 16.6. The molecule has 0 radical (unpaired) electrons. The summed E-state index contributed by atoms with van der Waals surface area (Å²) in [7, 11) is 0. The second-order valence-corrected chi connectivity index (χ2v) is 22.3. The maximum atomic E-state index is 13.0. The van der Waals surface area contributed by atoms with Crippen LogP contribution in [0.2, 0.25) is 0 Å². The normalized spacial score (nSPS) is 13.0. The first-order chi connectivity index (χ1) is 40.5. The van der Waals surface area contributed by atoms with Crippen LogP contribution in [0.15, 0.2) is 134 Å². The van der Waals surface area contributed by atoms with Crippen LogP contribution in [-0.2, 0) is 28.6 Å². The Morgan fingerprint density at radius 3 is 0.744 bits per heavy atom. The molecule has 0 heterocycles. The zero-order valence-corrected chi connectivity index (χ0v) is 53.5.